The van der Waals surface area contributed by atoms with Crippen LogP contribution in [0.15, 0.2) is 12.1 Å². The highest BCUT2D eigenvalue weighted by Gasteiger charge is 2.40. The molecular weight excluding hydrogens is 272 g/mol. The van der Waals surface area contributed by atoms with Crippen molar-refractivity contribution >= 4 is 11.6 Å². The lowest BCUT2D eigenvalue weighted by molar-refractivity contribution is 0.110. The van der Waals surface area contributed by atoms with Crippen LogP contribution in [0.3, 0.4) is 0 Å². The molecule has 1 aliphatic carbocycles. The van der Waals surface area contributed by atoms with Gasteiger partial charge in [0.05, 0.1) is 0 Å². The average Bonchev–Trinajstić information content (AvgIpc) is 3.03. The van der Waals surface area contributed by atoms with Crippen LogP contribution in [0.1, 0.15) is 19.3 Å². The van der Waals surface area contributed by atoms with Gasteiger partial charge in [0.15, 0.2) is 17.4 Å². The van der Waals surface area contributed by atoms with Crippen LogP contribution in [0, 0.1) is 23.5 Å². The largest absolute Gasteiger partial charge is 0.484 e. The second-order valence-corrected chi connectivity index (χ2v) is 5.81. The van der Waals surface area contributed by atoms with Gasteiger partial charge in [0.2, 0.25) is 0 Å². The fourth-order valence-corrected chi connectivity index (χ4v) is 2.93. The summed E-state index contributed by atoms with van der Waals surface area (Å²) in [5.41, 5.74) is 0. The van der Waals surface area contributed by atoms with Crippen LogP contribution in [-0.4, -0.2) is 19.2 Å². The van der Waals surface area contributed by atoms with Crippen LogP contribution in [0.5, 0.6) is 5.75 Å². The number of benzene rings is 1. The maximum atomic E-state index is 13.8. The quantitative estimate of drug-likeness (QED) is 0.916. The van der Waals surface area contributed by atoms with E-state index in [0.29, 0.717) is 11.8 Å². The lowest BCUT2D eigenvalue weighted by Crippen LogP contribution is -2.31. The molecule has 0 spiro atoms. The van der Waals surface area contributed by atoms with E-state index in [4.69, 9.17) is 16.3 Å². The first-order chi connectivity index (χ1) is 9.15. The summed E-state index contributed by atoms with van der Waals surface area (Å²) in [6.07, 6.45) is 3.06. The Morgan fingerprint density at radius 3 is 2.37 bits per heavy atom. The van der Waals surface area contributed by atoms with Crippen molar-refractivity contribution in [3.8, 4) is 5.75 Å². The van der Waals surface area contributed by atoms with Gasteiger partial charge in [0, 0.05) is 17.5 Å². The predicted molar refractivity (Wildman–Crippen MR) is 69.5 cm³/mol. The molecule has 0 unspecified atom stereocenters. The fourth-order valence-electron chi connectivity index (χ4n) is 2.74. The average molecular weight is 288 g/mol. The summed E-state index contributed by atoms with van der Waals surface area (Å²) in [6, 6.07) is 2.19. The number of nitrogens with one attached hydrogen (secondary N) is 1. The van der Waals surface area contributed by atoms with Crippen molar-refractivity contribution in [1.82, 2.24) is 5.32 Å². The highest BCUT2D eigenvalue weighted by Crippen LogP contribution is 2.40. The second kappa shape index (κ2) is 5.25. The molecule has 0 aromatic heterocycles. The highest BCUT2D eigenvalue weighted by atomic mass is 35.5. The van der Waals surface area contributed by atoms with Gasteiger partial charge in [-0.3, -0.25) is 0 Å². The first-order valence-electron chi connectivity index (χ1n) is 6.67. The van der Waals surface area contributed by atoms with E-state index >= 15 is 0 Å². The Morgan fingerprint density at radius 1 is 1.16 bits per heavy atom. The minimum atomic E-state index is -0.721. The third-order valence-corrected chi connectivity index (χ3v) is 4.08. The van der Waals surface area contributed by atoms with Crippen molar-refractivity contribution in [3.05, 3.63) is 28.8 Å². The van der Waals surface area contributed by atoms with Crippen LogP contribution in [0.2, 0.25) is 5.02 Å². The Bertz CT molecular complexity index is 450. The van der Waals surface area contributed by atoms with Gasteiger partial charge >= 0.3 is 0 Å². The molecule has 2 fully saturated rings. The number of hydrogen-bond donors (Lipinski definition) is 1. The molecule has 2 aliphatic rings. The molecule has 1 aromatic carbocycles. The highest BCUT2D eigenvalue weighted by molar-refractivity contribution is 6.30. The van der Waals surface area contributed by atoms with E-state index in [0.717, 1.165) is 44.5 Å². The zero-order chi connectivity index (χ0) is 13.4. The summed E-state index contributed by atoms with van der Waals surface area (Å²) < 4.78 is 33.2. The molecule has 1 aromatic rings. The van der Waals surface area contributed by atoms with Gasteiger partial charge in [0.1, 0.15) is 6.10 Å². The first kappa shape index (κ1) is 13.1. The Labute approximate surface area is 116 Å². The van der Waals surface area contributed by atoms with Crippen LogP contribution in [-0.2, 0) is 0 Å². The van der Waals surface area contributed by atoms with Gasteiger partial charge in [0.25, 0.3) is 0 Å². The molecule has 2 nitrogen and oxygen atoms in total. The molecule has 1 aliphatic heterocycles. The normalized spacial score (nSPS) is 24.5. The molecule has 2 atom stereocenters. The van der Waals surface area contributed by atoms with E-state index in [2.05, 4.69) is 5.32 Å². The summed E-state index contributed by atoms with van der Waals surface area (Å²) >= 11 is 5.62. The van der Waals surface area contributed by atoms with E-state index in [-0.39, 0.29) is 16.9 Å². The maximum absolute atomic E-state index is 13.8. The molecule has 19 heavy (non-hydrogen) atoms. The number of rotatable bonds is 4. The smallest absolute Gasteiger partial charge is 0.191 e. The van der Waals surface area contributed by atoms with Crippen molar-refractivity contribution in [2.45, 2.75) is 25.4 Å². The molecule has 104 valence electrons. The summed E-state index contributed by atoms with van der Waals surface area (Å²) in [5.74, 6) is -0.960. The van der Waals surface area contributed by atoms with Crippen molar-refractivity contribution < 1.29 is 13.5 Å². The van der Waals surface area contributed by atoms with Crippen LogP contribution >= 0.6 is 11.6 Å². The topological polar surface area (TPSA) is 21.3 Å². The van der Waals surface area contributed by atoms with E-state index in [1.165, 1.54) is 0 Å². The molecular formula is C14H16ClF2NO. The Kier molecular flexibility index (Phi) is 3.63. The zero-order valence-corrected chi connectivity index (χ0v) is 11.2. The molecule has 0 amide bonds. The Morgan fingerprint density at radius 2 is 1.84 bits per heavy atom. The van der Waals surface area contributed by atoms with Gasteiger partial charge in [-0.2, -0.15) is 0 Å². The lowest BCUT2D eigenvalue weighted by atomic mass is 9.97. The Balaban J connectivity index is 1.81. The lowest BCUT2D eigenvalue weighted by Gasteiger charge is -2.24. The van der Waals surface area contributed by atoms with Crippen molar-refractivity contribution in [1.29, 1.82) is 0 Å². The van der Waals surface area contributed by atoms with Gasteiger partial charge in [-0.05, 0) is 43.9 Å². The maximum Gasteiger partial charge on any atom is 0.191 e. The minimum Gasteiger partial charge on any atom is -0.484 e. The molecule has 1 heterocycles. The van der Waals surface area contributed by atoms with Crippen LogP contribution in [0.25, 0.3) is 0 Å². The minimum absolute atomic E-state index is 0.0489. The Hall–Kier alpha value is -0.870. The van der Waals surface area contributed by atoms with Crippen LogP contribution in [0.4, 0.5) is 8.78 Å². The summed E-state index contributed by atoms with van der Waals surface area (Å²) in [4.78, 5) is 0. The third-order valence-electron chi connectivity index (χ3n) is 3.87. The molecule has 3 rings (SSSR count). The fraction of sp³-hybridized carbons (Fsp3) is 0.571. The second-order valence-electron chi connectivity index (χ2n) is 5.37. The zero-order valence-electron chi connectivity index (χ0n) is 10.5. The van der Waals surface area contributed by atoms with Crippen LogP contribution < -0.4 is 10.1 Å². The van der Waals surface area contributed by atoms with E-state index in [1.807, 2.05) is 0 Å². The number of halogens is 3. The SMILES string of the molecule is Fc1cc(Cl)cc(F)c1O[C@@H](C1CC1)[C@H]1CCNC1. The summed E-state index contributed by atoms with van der Waals surface area (Å²) in [7, 11) is 0. The number of ether oxygens (including phenoxy) is 1. The van der Waals surface area contributed by atoms with Gasteiger partial charge in [-0.1, -0.05) is 11.6 Å². The molecule has 0 radical (unpaired) electrons. The molecule has 1 N–H and O–H groups in total. The van der Waals surface area contributed by atoms with E-state index in [1.54, 1.807) is 0 Å². The van der Waals surface area contributed by atoms with Crippen molar-refractivity contribution in [2.24, 2.45) is 11.8 Å². The summed E-state index contributed by atoms with van der Waals surface area (Å²) in [6.45, 7) is 1.81. The van der Waals surface area contributed by atoms with Crippen molar-refractivity contribution in [3.63, 3.8) is 0 Å². The van der Waals surface area contributed by atoms with Gasteiger partial charge < -0.3 is 10.1 Å². The molecule has 0 bridgehead atoms. The first-order valence-corrected chi connectivity index (χ1v) is 7.05. The van der Waals surface area contributed by atoms with Gasteiger partial charge in [-0.15, -0.1) is 0 Å². The molecule has 1 saturated heterocycles. The summed E-state index contributed by atoms with van der Waals surface area (Å²) in [5, 5.41) is 3.32. The monoisotopic (exact) mass is 287 g/mol. The van der Waals surface area contributed by atoms with Gasteiger partial charge in [-0.25, -0.2) is 8.78 Å². The van der Waals surface area contributed by atoms with Crippen molar-refractivity contribution in [2.75, 3.05) is 13.1 Å². The standard InChI is InChI=1S/C14H16ClF2NO/c15-10-5-11(16)14(12(17)6-10)19-13(8-1-2-8)9-3-4-18-7-9/h5-6,8-9,13,18H,1-4,7H2/t9-,13-/m0/s1. The van der Waals surface area contributed by atoms with E-state index in [9.17, 15) is 8.78 Å². The molecule has 1 saturated carbocycles. The number of hydrogen-bond acceptors (Lipinski definition) is 2. The predicted octanol–water partition coefficient (Wildman–Crippen LogP) is 3.39. The third kappa shape index (κ3) is 2.84. The van der Waals surface area contributed by atoms with E-state index < -0.39 is 11.6 Å². The molecule has 5 heteroatoms.